The topological polar surface area (TPSA) is 106 Å². The van der Waals surface area contributed by atoms with Crippen molar-refractivity contribution in [2.45, 2.75) is 32.6 Å². The van der Waals surface area contributed by atoms with Crippen molar-refractivity contribution in [1.29, 1.82) is 0 Å². The number of rotatable bonds is 5. The maximum absolute atomic E-state index is 13.5. The second-order valence-corrected chi connectivity index (χ2v) is 11.2. The van der Waals surface area contributed by atoms with Crippen molar-refractivity contribution in [3.8, 4) is 11.1 Å². The summed E-state index contributed by atoms with van der Waals surface area (Å²) in [6.45, 7) is 8.82. The van der Waals surface area contributed by atoms with Crippen LogP contribution in [0.5, 0.6) is 0 Å². The van der Waals surface area contributed by atoms with E-state index in [0.717, 1.165) is 17.0 Å². The van der Waals surface area contributed by atoms with E-state index in [9.17, 15) is 13.2 Å². The van der Waals surface area contributed by atoms with E-state index in [1.54, 1.807) is 23.6 Å². The van der Waals surface area contributed by atoms with Gasteiger partial charge in [0.15, 0.2) is 11.3 Å². The number of carbonyl (C=O) groups excluding carboxylic acids is 1. The number of benzene rings is 2. The Morgan fingerprint density at radius 1 is 0.973 bits per heavy atom. The summed E-state index contributed by atoms with van der Waals surface area (Å²) in [5.41, 5.74) is 5.61. The lowest BCUT2D eigenvalue weighted by Crippen LogP contribution is -2.40. The number of hydrogen-bond donors (Lipinski definition) is 1. The number of anilines is 1. The Labute approximate surface area is 216 Å². The summed E-state index contributed by atoms with van der Waals surface area (Å²) in [7, 11) is -3.76. The van der Waals surface area contributed by atoms with Crippen molar-refractivity contribution < 1.29 is 17.9 Å². The Balaban J connectivity index is 1.66. The molecule has 2 aromatic heterocycles. The Morgan fingerprint density at radius 2 is 1.68 bits per heavy atom. The minimum Gasteiger partial charge on any atom is -0.379 e. The fraction of sp³-hybridized carbons (Fsp3) is 0.296. The zero-order chi connectivity index (χ0) is 26.3. The molecule has 1 amide bonds. The van der Waals surface area contributed by atoms with Crippen LogP contribution in [0.25, 0.3) is 16.8 Å². The predicted octanol–water partition coefficient (Wildman–Crippen LogP) is 3.90. The van der Waals surface area contributed by atoms with Gasteiger partial charge in [-0.2, -0.15) is 9.40 Å². The molecule has 0 atom stereocenters. The molecule has 9 nitrogen and oxygen atoms in total. The summed E-state index contributed by atoms with van der Waals surface area (Å²) < 4.78 is 35.5. The van der Waals surface area contributed by atoms with Gasteiger partial charge < -0.3 is 10.1 Å². The normalized spacial score (nSPS) is 14.7. The minimum absolute atomic E-state index is 0.167. The highest BCUT2D eigenvalue weighted by Crippen LogP contribution is 2.33. The third-order valence-electron chi connectivity index (χ3n) is 6.48. The molecule has 1 saturated heterocycles. The molecule has 5 rings (SSSR count). The van der Waals surface area contributed by atoms with Crippen LogP contribution in [0.3, 0.4) is 0 Å². The number of aromatic nitrogens is 3. The molecular formula is C27H29N5O4S. The maximum Gasteiger partial charge on any atom is 0.276 e. The van der Waals surface area contributed by atoms with Crippen LogP contribution in [0.4, 0.5) is 5.69 Å². The molecule has 4 aromatic rings. The molecule has 3 heterocycles. The number of nitrogens with one attached hydrogen (secondary N) is 1. The first-order chi connectivity index (χ1) is 17.6. The summed E-state index contributed by atoms with van der Waals surface area (Å²) in [4.78, 5) is 18.4. The predicted molar refractivity (Wildman–Crippen MR) is 141 cm³/mol. The lowest BCUT2D eigenvalue weighted by molar-refractivity contribution is 0.0730. The highest BCUT2D eigenvalue weighted by atomic mass is 32.2. The summed E-state index contributed by atoms with van der Waals surface area (Å²) in [6.07, 6.45) is 0. The van der Waals surface area contributed by atoms with E-state index >= 15 is 0 Å². The summed E-state index contributed by atoms with van der Waals surface area (Å²) in [5.74, 6) is -0.403. The molecule has 1 fully saturated rings. The van der Waals surface area contributed by atoms with Gasteiger partial charge in [0.2, 0.25) is 10.0 Å². The van der Waals surface area contributed by atoms with E-state index in [2.05, 4.69) is 15.4 Å². The Morgan fingerprint density at radius 3 is 2.38 bits per heavy atom. The molecule has 192 valence electrons. The minimum atomic E-state index is -3.76. The van der Waals surface area contributed by atoms with E-state index in [-0.39, 0.29) is 10.6 Å². The van der Waals surface area contributed by atoms with Gasteiger partial charge in [-0.25, -0.2) is 17.9 Å². The van der Waals surface area contributed by atoms with Gasteiger partial charge in [-0.15, -0.1) is 0 Å². The summed E-state index contributed by atoms with van der Waals surface area (Å²) in [5, 5.41) is 7.53. The zero-order valence-corrected chi connectivity index (χ0v) is 22.1. The third-order valence-corrected chi connectivity index (χ3v) is 8.52. The second kappa shape index (κ2) is 9.70. The van der Waals surface area contributed by atoms with Crippen LogP contribution in [0, 0.1) is 27.7 Å². The molecule has 0 spiro atoms. The van der Waals surface area contributed by atoms with Crippen LogP contribution in [0.15, 0.2) is 53.4 Å². The van der Waals surface area contributed by atoms with Crippen LogP contribution < -0.4 is 5.32 Å². The van der Waals surface area contributed by atoms with E-state index in [4.69, 9.17) is 4.74 Å². The van der Waals surface area contributed by atoms with Gasteiger partial charge in [-0.05, 0) is 63.1 Å². The van der Waals surface area contributed by atoms with Gasteiger partial charge >= 0.3 is 0 Å². The molecule has 0 unspecified atom stereocenters. The van der Waals surface area contributed by atoms with Crippen molar-refractivity contribution in [2.24, 2.45) is 0 Å². The number of sulfonamides is 1. The van der Waals surface area contributed by atoms with Crippen LogP contribution in [0.1, 0.15) is 33.0 Å². The van der Waals surface area contributed by atoms with Gasteiger partial charge in [0, 0.05) is 30.2 Å². The summed E-state index contributed by atoms with van der Waals surface area (Å²) >= 11 is 0. The molecule has 0 radical (unpaired) electrons. The van der Waals surface area contributed by atoms with Crippen molar-refractivity contribution in [3.05, 3.63) is 76.7 Å². The highest BCUT2D eigenvalue weighted by Gasteiger charge is 2.30. The highest BCUT2D eigenvalue weighted by molar-refractivity contribution is 7.89. The number of morpholine rings is 1. The number of nitrogens with zero attached hydrogens (tertiary/aromatic N) is 4. The number of carbonyl (C=O) groups is 1. The van der Waals surface area contributed by atoms with Crippen molar-refractivity contribution in [1.82, 2.24) is 18.9 Å². The molecule has 1 aliphatic heterocycles. The molecule has 0 aliphatic carbocycles. The molecule has 0 saturated carbocycles. The van der Waals surface area contributed by atoms with Crippen LogP contribution in [0.2, 0.25) is 0 Å². The smallest absolute Gasteiger partial charge is 0.276 e. The van der Waals surface area contributed by atoms with E-state index in [1.807, 2.05) is 57.2 Å². The lowest BCUT2D eigenvalue weighted by atomic mass is 10.0. The van der Waals surface area contributed by atoms with Gasteiger partial charge in [-0.1, -0.05) is 29.8 Å². The van der Waals surface area contributed by atoms with Crippen LogP contribution in [-0.2, 0) is 14.8 Å². The Hall–Kier alpha value is -3.60. The molecule has 37 heavy (non-hydrogen) atoms. The number of amides is 1. The lowest BCUT2D eigenvalue weighted by Gasteiger charge is -2.26. The van der Waals surface area contributed by atoms with Crippen molar-refractivity contribution in [2.75, 3.05) is 31.6 Å². The first-order valence-corrected chi connectivity index (χ1v) is 13.5. The largest absolute Gasteiger partial charge is 0.379 e. The SMILES string of the molecule is Cc1ccc(NC(=O)c2nn3c(C)cc(C)nc3c2-c2ccc(C)c(S(=O)(=O)N3CCOCC3)c2)cc1. The maximum atomic E-state index is 13.5. The molecule has 0 bridgehead atoms. The third kappa shape index (κ3) is 4.75. The number of aryl methyl sites for hydroxylation is 4. The van der Waals surface area contributed by atoms with Crippen molar-refractivity contribution >= 4 is 27.3 Å². The summed E-state index contributed by atoms with van der Waals surface area (Å²) in [6, 6.07) is 14.6. The molecule has 2 aromatic carbocycles. The van der Waals surface area contributed by atoms with E-state index in [0.29, 0.717) is 54.3 Å². The standard InChI is InChI=1S/C27H29N5O4S/c1-17-5-9-22(10-6-17)29-27(33)25-24(26-28-19(3)15-20(4)32(26)30-25)21-8-7-18(2)23(16-21)37(34,35)31-11-13-36-14-12-31/h5-10,15-16H,11-14H2,1-4H3,(H,29,33). The molecule has 1 N–H and O–H groups in total. The first-order valence-electron chi connectivity index (χ1n) is 12.1. The first kappa shape index (κ1) is 25.1. The molecule has 10 heteroatoms. The number of ether oxygens (including phenoxy) is 1. The Bertz CT molecular complexity index is 1600. The van der Waals surface area contributed by atoms with E-state index < -0.39 is 15.9 Å². The van der Waals surface area contributed by atoms with Gasteiger partial charge in [0.05, 0.1) is 23.7 Å². The molecule has 1 aliphatic rings. The fourth-order valence-corrected chi connectivity index (χ4v) is 6.19. The average molecular weight is 520 g/mol. The Kier molecular flexibility index (Phi) is 6.57. The fourth-order valence-electron chi connectivity index (χ4n) is 4.53. The number of hydrogen-bond acceptors (Lipinski definition) is 6. The van der Waals surface area contributed by atoms with Crippen LogP contribution in [-0.4, -0.2) is 59.5 Å². The van der Waals surface area contributed by atoms with Gasteiger partial charge in [0.25, 0.3) is 5.91 Å². The van der Waals surface area contributed by atoms with Gasteiger partial charge in [-0.3, -0.25) is 4.79 Å². The van der Waals surface area contributed by atoms with E-state index in [1.165, 1.54) is 4.31 Å². The molecular weight excluding hydrogens is 490 g/mol. The van der Waals surface area contributed by atoms with Crippen LogP contribution >= 0.6 is 0 Å². The van der Waals surface area contributed by atoms with Gasteiger partial charge in [0.1, 0.15) is 0 Å². The number of fused-ring (bicyclic) bond motifs is 1. The average Bonchev–Trinajstić information content (AvgIpc) is 3.26. The second-order valence-electron chi connectivity index (χ2n) is 9.31. The zero-order valence-electron chi connectivity index (χ0n) is 21.3. The quantitative estimate of drug-likeness (QED) is 0.429. The van der Waals surface area contributed by atoms with Crippen molar-refractivity contribution in [3.63, 3.8) is 0 Å². The monoisotopic (exact) mass is 519 g/mol.